The van der Waals surface area contributed by atoms with Crippen LogP contribution >= 0.6 is 0 Å². The number of rotatable bonds is 3. The zero-order valence-electron chi connectivity index (χ0n) is 10.1. The van der Waals surface area contributed by atoms with Gasteiger partial charge in [0, 0.05) is 18.8 Å². The zero-order chi connectivity index (χ0) is 13.3. The minimum absolute atomic E-state index is 0.319. The molecule has 0 aliphatic carbocycles. The molecule has 0 fully saturated rings. The van der Waals surface area contributed by atoms with Crippen molar-refractivity contribution in [3.63, 3.8) is 0 Å². The van der Waals surface area contributed by atoms with Crippen LogP contribution in [-0.4, -0.2) is 20.9 Å². The van der Waals surface area contributed by atoms with Crippen LogP contribution in [0.15, 0.2) is 24.4 Å². The number of carboxylic acid groups (broad SMARTS) is 1. The minimum atomic E-state index is -1.26. The van der Waals surface area contributed by atoms with E-state index in [1.165, 1.54) is 12.1 Å². The van der Waals surface area contributed by atoms with Gasteiger partial charge in [-0.1, -0.05) is 13.0 Å². The fourth-order valence-electron chi connectivity index (χ4n) is 1.89. The molecule has 0 aliphatic rings. The maximum Gasteiger partial charge on any atom is 0.338 e. The molecule has 1 N–H and O–H groups in total. The number of carboxylic acids is 1. The third-order valence-corrected chi connectivity index (χ3v) is 2.75. The van der Waals surface area contributed by atoms with E-state index in [1.807, 2.05) is 6.92 Å². The molecule has 0 bridgehead atoms. The Morgan fingerprint density at radius 3 is 2.78 bits per heavy atom. The van der Waals surface area contributed by atoms with Gasteiger partial charge in [0.05, 0.1) is 11.3 Å². The molecule has 0 unspecified atom stereocenters. The van der Waals surface area contributed by atoms with Crippen molar-refractivity contribution in [1.82, 2.24) is 9.78 Å². The number of aryl methyl sites for hydroxylation is 2. The molecule has 0 saturated carbocycles. The molecule has 0 saturated heterocycles. The summed E-state index contributed by atoms with van der Waals surface area (Å²) in [7, 11) is 1.80. The molecule has 0 amide bonds. The Bertz CT molecular complexity index is 605. The summed E-state index contributed by atoms with van der Waals surface area (Å²) in [5, 5.41) is 13.0. The molecule has 1 heterocycles. The Hall–Kier alpha value is -2.17. The molecule has 18 heavy (non-hydrogen) atoms. The first-order valence-corrected chi connectivity index (χ1v) is 5.58. The molecule has 94 valence electrons. The van der Waals surface area contributed by atoms with Gasteiger partial charge in [0.15, 0.2) is 0 Å². The van der Waals surface area contributed by atoms with Gasteiger partial charge in [-0.15, -0.1) is 0 Å². The Morgan fingerprint density at radius 1 is 1.50 bits per heavy atom. The van der Waals surface area contributed by atoms with E-state index in [-0.39, 0.29) is 5.56 Å². The summed E-state index contributed by atoms with van der Waals surface area (Å²) in [5.41, 5.74) is 2.01. The zero-order valence-corrected chi connectivity index (χ0v) is 10.1. The molecular weight excluding hydrogens is 235 g/mol. The molecular formula is C13H13FN2O2. The van der Waals surface area contributed by atoms with E-state index >= 15 is 0 Å². The molecule has 2 rings (SSSR count). The van der Waals surface area contributed by atoms with Crippen LogP contribution in [-0.2, 0) is 13.5 Å². The smallest absolute Gasteiger partial charge is 0.338 e. The van der Waals surface area contributed by atoms with Crippen molar-refractivity contribution in [3.05, 3.63) is 41.5 Å². The van der Waals surface area contributed by atoms with E-state index in [1.54, 1.807) is 24.0 Å². The van der Waals surface area contributed by atoms with E-state index in [2.05, 4.69) is 5.10 Å². The molecule has 5 heteroatoms. The van der Waals surface area contributed by atoms with Gasteiger partial charge in [-0.3, -0.25) is 4.68 Å². The van der Waals surface area contributed by atoms with Crippen LogP contribution in [0.5, 0.6) is 0 Å². The predicted molar refractivity (Wildman–Crippen MR) is 64.9 cm³/mol. The van der Waals surface area contributed by atoms with Crippen LogP contribution in [0.2, 0.25) is 0 Å². The molecule has 0 atom stereocenters. The van der Waals surface area contributed by atoms with Crippen LogP contribution in [0.25, 0.3) is 11.1 Å². The van der Waals surface area contributed by atoms with E-state index in [0.717, 1.165) is 17.7 Å². The van der Waals surface area contributed by atoms with Gasteiger partial charge in [-0.25, -0.2) is 9.18 Å². The molecule has 1 aromatic heterocycles. The highest BCUT2D eigenvalue weighted by Gasteiger charge is 2.14. The lowest BCUT2D eigenvalue weighted by Gasteiger charge is -2.03. The standard InChI is InChI=1S/C13H13FN2O2/c1-3-12-10(7-16(2)15-12)8-4-5-9(13(17)18)11(14)6-8/h4-7H,3H2,1-2H3,(H,17,18). The van der Waals surface area contributed by atoms with Gasteiger partial charge in [0.2, 0.25) is 0 Å². The van der Waals surface area contributed by atoms with E-state index < -0.39 is 11.8 Å². The Kier molecular flexibility index (Phi) is 3.14. The van der Waals surface area contributed by atoms with E-state index in [4.69, 9.17) is 5.11 Å². The highest BCUT2D eigenvalue weighted by Crippen LogP contribution is 2.25. The molecule has 2 aromatic rings. The fraction of sp³-hybridized carbons (Fsp3) is 0.231. The highest BCUT2D eigenvalue weighted by molar-refractivity contribution is 5.88. The van der Waals surface area contributed by atoms with Gasteiger partial charge in [-0.2, -0.15) is 5.10 Å². The van der Waals surface area contributed by atoms with Crippen LogP contribution in [0.4, 0.5) is 4.39 Å². The van der Waals surface area contributed by atoms with Crippen molar-refractivity contribution in [2.24, 2.45) is 7.05 Å². The van der Waals surface area contributed by atoms with Gasteiger partial charge in [-0.05, 0) is 24.1 Å². The number of hydrogen-bond acceptors (Lipinski definition) is 2. The lowest BCUT2D eigenvalue weighted by molar-refractivity contribution is 0.0692. The second kappa shape index (κ2) is 4.60. The van der Waals surface area contributed by atoms with Crippen molar-refractivity contribution in [1.29, 1.82) is 0 Å². The topological polar surface area (TPSA) is 55.1 Å². The van der Waals surface area contributed by atoms with Crippen molar-refractivity contribution in [2.75, 3.05) is 0 Å². The molecule has 0 aliphatic heterocycles. The largest absolute Gasteiger partial charge is 0.478 e. The SMILES string of the molecule is CCc1nn(C)cc1-c1ccc(C(=O)O)c(F)c1. The normalized spacial score (nSPS) is 10.6. The maximum atomic E-state index is 13.6. The third kappa shape index (κ3) is 2.11. The Labute approximate surface area is 104 Å². The summed E-state index contributed by atoms with van der Waals surface area (Å²) in [6, 6.07) is 4.11. The second-order valence-electron chi connectivity index (χ2n) is 4.02. The Morgan fingerprint density at radius 2 is 2.22 bits per heavy atom. The maximum absolute atomic E-state index is 13.6. The number of nitrogens with zero attached hydrogens (tertiary/aromatic N) is 2. The first-order chi connectivity index (χ1) is 8.52. The highest BCUT2D eigenvalue weighted by atomic mass is 19.1. The number of benzene rings is 1. The number of halogens is 1. The van der Waals surface area contributed by atoms with Crippen molar-refractivity contribution >= 4 is 5.97 Å². The first kappa shape index (κ1) is 12.3. The third-order valence-electron chi connectivity index (χ3n) is 2.75. The lowest BCUT2D eigenvalue weighted by atomic mass is 10.0. The minimum Gasteiger partial charge on any atom is -0.478 e. The summed E-state index contributed by atoms with van der Waals surface area (Å²) >= 11 is 0. The average molecular weight is 248 g/mol. The average Bonchev–Trinajstić information content (AvgIpc) is 2.69. The summed E-state index contributed by atoms with van der Waals surface area (Å²) in [4.78, 5) is 10.7. The second-order valence-corrected chi connectivity index (χ2v) is 4.02. The first-order valence-electron chi connectivity index (χ1n) is 5.58. The van der Waals surface area contributed by atoms with Gasteiger partial charge in [0.25, 0.3) is 0 Å². The van der Waals surface area contributed by atoms with Crippen LogP contribution in [0, 0.1) is 5.82 Å². The quantitative estimate of drug-likeness (QED) is 0.907. The Balaban J connectivity index is 2.51. The van der Waals surface area contributed by atoms with Crippen molar-refractivity contribution in [2.45, 2.75) is 13.3 Å². The molecule has 4 nitrogen and oxygen atoms in total. The molecule has 0 spiro atoms. The summed E-state index contributed by atoms with van der Waals surface area (Å²) in [5.74, 6) is -1.99. The summed E-state index contributed by atoms with van der Waals surface area (Å²) in [6.45, 7) is 1.97. The van der Waals surface area contributed by atoms with Gasteiger partial charge >= 0.3 is 5.97 Å². The monoisotopic (exact) mass is 248 g/mol. The van der Waals surface area contributed by atoms with E-state index in [0.29, 0.717) is 5.56 Å². The van der Waals surface area contributed by atoms with E-state index in [9.17, 15) is 9.18 Å². The van der Waals surface area contributed by atoms with Crippen LogP contribution < -0.4 is 0 Å². The predicted octanol–water partition coefficient (Wildman–Crippen LogP) is 2.49. The number of hydrogen-bond donors (Lipinski definition) is 1. The number of aromatic carboxylic acids is 1. The molecule has 1 aromatic carbocycles. The van der Waals surface area contributed by atoms with Gasteiger partial charge < -0.3 is 5.11 Å². The number of aromatic nitrogens is 2. The van der Waals surface area contributed by atoms with Crippen LogP contribution in [0.3, 0.4) is 0 Å². The van der Waals surface area contributed by atoms with Crippen molar-refractivity contribution in [3.8, 4) is 11.1 Å². The lowest BCUT2D eigenvalue weighted by Crippen LogP contribution is -2.00. The summed E-state index contributed by atoms with van der Waals surface area (Å²) < 4.78 is 15.3. The van der Waals surface area contributed by atoms with Crippen molar-refractivity contribution < 1.29 is 14.3 Å². The van der Waals surface area contributed by atoms with Gasteiger partial charge in [0.1, 0.15) is 5.82 Å². The fourth-order valence-corrected chi connectivity index (χ4v) is 1.89. The molecule has 0 radical (unpaired) electrons. The summed E-state index contributed by atoms with van der Waals surface area (Å²) in [6.07, 6.45) is 2.53. The number of carbonyl (C=O) groups is 1. The van der Waals surface area contributed by atoms with Crippen LogP contribution in [0.1, 0.15) is 23.0 Å².